The Kier molecular flexibility index (Phi) is 6.25. The second kappa shape index (κ2) is 9.60. The fraction of sp³-hybridized carbons (Fsp3) is 0.0400. The van der Waals surface area contributed by atoms with Crippen LogP contribution in [-0.4, -0.2) is 33.5 Å². The van der Waals surface area contributed by atoms with Gasteiger partial charge >= 0.3 is 5.97 Å². The van der Waals surface area contributed by atoms with Crippen molar-refractivity contribution in [3.8, 4) is 23.1 Å². The van der Waals surface area contributed by atoms with Gasteiger partial charge in [-0.15, -0.1) is 0 Å². The number of pyridine rings is 2. The number of aromatic nitrogens is 2. The van der Waals surface area contributed by atoms with E-state index in [1.54, 1.807) is 36.7 Å². The van der Waals surface area contributed by atoms with Crippen molar-refractivity contribution in [2.75, 3.05) is 11.9 Å². The quantitative estimate of drug-likeness (QED) is 0.163. The van der Waals surface area contributed by atoms with Crippen molar-refractivity contribution < 1.29 is 14.7 Å². The number of rotatable bonds is 5. The number of hydrogen-bond donors (Lipinski definition) is 4. The summed E-state index contributed by atoms with van der Waals surface area (Å²) >= 11 is 0. The molecule has 0 bridgehead atoms. The van der Waals surface area contributed by atoms with Crippen LogP contribution in [0.25, 0.3) is 22.2 Å². The van der Waals surface area contributed by atoms with Gasteiger partial charge < -0.3 is 10.4 Å². The van der Waals surface area contributed by atoms with Gasteiger partial charge in [0.2, 0.25) is 0 Å². The molecule has 0 aliphatic carbocycles. The molecular formula is C25H19N5O3. The molecule has 8 nitrogen and oxygen atoms in total. The molecule has 8 heteroatoms. The van der Waals surface area contributed by atoms with Gasteiger partial charge in [-0.05, 0) is 48.5 Å². The van der Waals surface area contributed by atoms with Crippen molar-refractivity contribution in [1.29, 1.82) is 0 Å². The smallest absolute Gasteiger partial charge is 0.322 e. The first-order valence-corrected chi connectivity index (χ1v) is 9.97. The molecule has 0 saturated heterocycles. The Morgan fingerprint density at radius 3 is 2.27 bits per heavy atom. The Hall–Kier alpha value is -4.74. The third-order valence-electron chi connectivity index (χ3n) is 4.85. The predicted molar refractivity (Wildman–Crippen MR) is 125 cm³/mol. The van der Waals surface area contributed by atoms with Gasteiger partial charge in [0.25, 0.3) is 5.91 Å². The molecule has 5 N–H and O–H groups in total. The van der Waals surface area contributed by atoms with E-state index in [1.165, 1.54) is 0 Å². The van der Waals surface area contributed by atoms with E-state index in [4.69, 9.17) is 10.9 Å². The standard InChI is InChI=1S/C25H19N5O3/c26-30-25(33)20-13-23(29-22-11-12-27-14-21(20)22)18-7-3-16(4-8-18)1-2-17-5-9-19(10-6-17)28-15-24(31)32/h3-14,28H,15,26H2,(H,30,33)(H,31,32). The first-order chi connectivity index (χ1) is 16.0. The van der Waals surface area contributed by atoms with Gasteiger partial charge in [0, 0.05) is 40.2 Å². The maximum atomic E-state index is 12.2. The number of carboxylic acid groups (broad SMARTS) is 1. The number of nitrogens with one attached hydrogen (secondary N) is 2. The van der Waals surface area contributed by atoms with E-state index in [0.717, 1.165) is 16.7 Å². The molecule has 1 amide bonds. The lowest BCUT2D eigenvalue weighted by atomic mass is 10.0. The van der Waals surface area contributed by atoms with E-state index in [0.29, 0.717) is 27.8 Å². The molecule has 0 aliphatic rings. The van der Waals surface area contributed by atoms with Gasteiger partial charge in [-0.3, -0.25) is 20.0 Å². The zero-order valence-corrected chi connectivity index (χ0v) is 17.4. The first kappa shape index (κ1) is 21.5. The Balaban J connectivity index is 1.55. The highest BCUT2D eigenvalue weighted by atomic mass is 16.4. The van der Waals surface area contributed by atoms with Crippen LogP contribution in [-0.2, 0) is 4.79 Å². The van der Waals surface area contributed by atoms with Crippen molar-refractivity contribution >= 4 is 28.5 Å². The van der Waals surface area contributed by atoms with Crippen molar-refractivity contribution in [3.63, 3.8) is 0 Å². The number of fused-ring (bicyclic) bond motifs is 1. The lowest BCUT2D eigenvalue weighted by Gasteiger charge is -2.08. The molecule has 33 heavy (non-hydrogen) atoms. The van der Waals surface area contributed by atoms with E-state index >= 15 is 0 Å². The maximum absolute atomic E-state index is 12.2. The molecule has 0 spiro atoms. The Labute approximate surface area is 189 Å². The second-order valence-corrected chi connectivity index (χ2v) is 7.07. The molecule has 162 valence electrons. The molecule has 0 saturated carbocycles. The zero-order valence-electron chi connectivity index (χ0n) is 17.4. The fourth-order valence-electron chi connectivity index (χ4n) is 3.20. The number of nitrogen functional groups attached to an aromatic ring is 1. The van der Waals surface area contributed by atoms with E-state index in [2.05, 4.69) is 32.6 Å². The number of nitrogens with two attached hydrogens (primary N) is 1. The van der Waals surface area contributed by atoms with Crippen molar-refractivity contribution in [2.24, 2.45) is 5.84 Å². The lowest BCUT2D eigenvalue weighted by molar-refractivity contribution is -0.134. The third kappa shape index (κ3) is 5.12. The van der Waals surface area contributed by atoms with Crippen LogP contribution >= 0.6 is 0 Å². The highest BCUT2D eigenvalue weighted by Gasteiger charge is 2.13. The van der Waals surface area contributed by atoms with Gasteiger partial charge in [0.05, 0.1) is 16.8 Å². The SMILES string of the molecule is NNC(=O)c1cc(-c2ccc(C#Cc3ccc(NCC(=O)O)cc3)cc2)nc2ccncc12. The van der Waals surface area contributed by atoms with Crippen LogP contribution in [0.15, 0.2) is 73.1 Å². The molecule has 2 heterocycles. The van der Waals surface area contributed by atoms with Crippen LogP contribution < -0.4 is 16.6 Å². The van der Waals surface area contributed by atoms with Crippen LogP contribution in [0.3, 0.4) is 0 Å². The monoisotopic (exact) mass is 437 g/mol. The van der Waals surface area contributed by atoms with Crippen molar-refractivity contribution in [1.82, 2.24) is 15.4 Å². The summed E-state index contributed by atoms with van der Waals surface area (Å²) in [5.41, 5.74) is 7.02. The molecular weight excluding hydrogens is 418 g/mol. The number of anilines is 1. The molecule has 0 unspecified atom stereocenters. The third-order valence-corrected chi connectivity index (χ3v) is 4.85. The predicted octanol–water partition coefficient (Wildman–Crippen LogP) is 2.80. The average molecular weight is 437 g/mol. The maximum Gasteiger partial charge on any atom is 0.322 e. The minimum atomic E-state index is -0.919. The minimum absolute atomic E-state index is 0.140. The van der Waals surface area contributed by atoms with E-state index in [1.807, 2.05) is 36.4 Å². The Bertz CT molecular complexity index is 1390. The molecule has 0 radical (unpaired) electrons. The summed E-state index contributed by atoms with van der Waals surface area (Å²) in [6.07, 6.45) is 3.21. The van der Waals surface area contributed by atoms with Crippen LogP contribution in [0.5, 0.6) is 0 Å². The van der Waals surface area contributed by atoms with Crippen molar-refractivity contribution in [3.05, 3.63) is 89.7 Å². The molecule has 0 aliphatic heterocycles. The molecule has 0 fully saturated rings. The number of carbonyl (C=O) groups is 2. The number of benzene rings is 2. The highest BCUT2D eigenvalue weighted by molar-refractivity contribution is 6.06. The molecule has 2 aromatic heterocycles. The van der Waals surface area contributed by atoms with E-state index in [-0.39, 0.29) is 6.54 Å². The topological polar surface area (TPSA) is 130 Å². The summed E-state index contributed by atoms with van der Waals surface area (Å²) in [4.78, 5) is 31.6. The van der Waals surface area contributed by atoms with Gasteiger partial charge in [0.15, 0.2) is 0 Å². The Morgan fingerprint density at radius 2 is 1.64 bits per heavy atom. The highest BCUT2D eigenvalue weighted by Crippen LogP contribution is 2.24. The number of carboxylic acids is 1. The first-order valence-electron chi connectivity index (χ1n) is 9.97. The van der Waals surface area contributed by atoms with Gasteiger partial charge in [-0.25, -0.2) is 10.8 Å². The zero-order chi connectivity index (χ0) is 23.2. The van der Waals surface area contributed by atoms with Crippen molar-refractivity contribution in [2.45, 2.75) is 0 Å². The number of carbonyl (C=O) groups excluding carboxylic acids is 1. The fourth-order valence-corrected chi connectivity index (χ4v) is 3.20. The summed E-state index contributed by atoms with van der Waals surface area (Å²) in [7, 11) is 0. The largest absolute Gasteiger partial charge is 0.480 e. The minimum Gasteiger partial charge on any atom is -0.480 e. The number of hydrogen-bond acceptors (Lipinski definition) is 6. The summed E-state index contributed by atoms with van der Waals surface area (Å²) in [6, 6.07) is 18.2. The lowest BCUT2D eigenvalue weighted by Crippen LogP contribution is -2.30. The van der Waals surface area contributed by atoms with Crippen LogP contribution in [0.2, 0.25) is 0 Å². The number of nitrogens with zero attached hydrogens (tertiary/aromatic N) is 2. The number of amides is 1. The molecule has 4 rings (SSSR count). The Morgan fingerprint density at radius 1 is 0.970 bits per heavy atom. The number of hydrazine groups is 1. The summed E-state index contributed by atoms with van der Waals surface area (Å²) in [5.74, 6) is 10.2. The van der Waals surface area contributed by atoms with Crippen LogP contribution in [0.1, 0.15) is 21.5 Å². The van der Waals surface area contributed by atoms with Crippen LogP contribution in [0, 0.1) is 11.8 Å². The summed E-state index contributed by atoms with van der Waals surface area (Å²) in [6.45, 7) is -0.140. The summed E-state index contributed by atoms with van der Waals surface area (Å²) in [5, 5.41) is 12.1. The van der Waals surface area contributed by atoms with E-state index < -0.39 is 11.9 Å². The normalized spacial score (nSPS) is 10.2. The second-order valence-electron chi connectivity index (χ2n) is 7.07. The molecule has 2 aromatic carbocycles. The molecule has 0 atom stereocenters. The summed E-state index contributed by atoms with van der Waals surface area (Å²) < 4.78 is 0. The van der Waals surface area contributed by atoms with E-state index in [9.17, 15) is 9.59 Å². The van der Waals surface area contributed by atoms with Crippen LogP contribution in [0.4, 0.5) is 5.69 Å². The van der Waals surface area contributed by atoms with Gasteiger partial charge in [-0.2, -0.15) is 0 Å². The average Bonchev–Trinajstić information content (AvgIpc) is 2.86. The number of aliphatic carboxylic acids is 1. The van der Waals surface area contributed by atoms with Gasteiger partial charge in [-0.1, -0.05) is 24.0 Å². The van der Waals surface area contributed by atoms with Gasteiger partial charge in [0.1, 0.15) is 6.54 Å². The molecule has 4 aromatic rings.